The Morgan fingerprint density at radius 3 is 2.24 bits per heavy atom. The molecule has 3 aromatic rings. The van der Waals surface area contributed by atoms with Gasteiger partial charge in [0.2, 0.25) is 11.8 Å². The van der Waals surface area contributed by atoms with Crippen LogP contribution in [0.4, 0.5) is 10.1 Å². The molecule has 218 valence electrons. The van der Waals surface area contributed by atoms with Crippen molar-refractivity contribution in [3.8, 4) is 0 Å². The van der Waals surface area contributed by atoms with Crippen molar-refractivity contribution in [1.82, 2.24) is 10.2 Å². The molecule has 1 aliphatic rings. The van der Waals surface area contributed by atoms with E-state index in [-0.39, 0.29) is 29.1 Å². The lowest BCUT2D eigenvalue weighted by Crippen LogP contribution is -2.53. The highest BCUT2D eigenvalue weighted by Gasteiger charge is 2.34. The smallest absolute Gasteiger partial charge is 0.264 e. The van der Waals surface area contributed by atoms with E-state index in [0.29, 0.717) is 10.6 Å². The molecule has 41 heavy (non-hydrogen) atoms. The second-order valence-electron chi connectivity index (χ2n) is 10.4. The molecule has 2 amide bonds. The minimum atomic E-state index is -4.34. The van der Waals surface area contributed by atoms with Crippen molar-refractivity contribution in [1.29, 1.82) is 0 Å². The fourth-order valence-corrected chi connectivity index (χ4v) is 6.49. The van der Waals surface area contributed by atoms with Gasteiger partial charge in [0.1, 0.15) is 18.4 Å². The van der Waals surface area contributed by atoms with Gasteiger partial charge in [-0.05, 0) is 68.7 Å². The van der Waals surface area contributed by atoms with E-state index in [1.807, 2.05) is 6.92 Å². The number of sulfonamides is 1. The monoisotopic (exact) mass is 599 g/mol. The summed E-state index contributed by atoms with van der Waals surface area (Å²) in [6.45, 7) is 2.77. The van der Waals surface area contributed by atoms with Gasteiger partial charge in [-0.25, -0.2) is 12.8 Å². The van der Waals surface area contributed by atoms with Crippen molar-refractivity contribution in [2.45, 2.75) is 69.5 Å². The molecule has 10 heteroatoms. The molecule has 0 saturated heterocycles. The second-order valence-corrected chi connectivity index (χ2v) is 12.7. The maximum absolute atomic E-state index is 15.0. The Hall–Kier alpha value is -3.43. The summed E-state index contributed by atoms with van der Waals surface area (Å²) in [5, 5.41) is 3.58. The van der Waals surface area contributed by atoms with E-state index in [9.17, 15) is 18.0 Å². The van der Waals surface area contributed by atoms with Crippen LogP contribution in [0, 0.1) is 12.7 Å². The van der Waals surface area contributed by atoms with Crippen LogP contribution in [0.15, 0.2) is 77.7 Å². The van der Waals surface area contributed by atoms with Crippen LogP contribution in [-0.4, -0.2) is 43.8 Å². The van der Waals surface area contributed by atoms with Gasteiger partial charge in [-0.3, -0.25) is 13.9 Å². The largest absolute Gasteiger partial charge is 0.352 e. The van der Waals surface area contributed by atoms with Crippen LogP contribution in [0.2, 0.25) is 5.02 Å². The number of nitrogens with one attached hydrogen (secondary N) is 1. The molecule has 1 fully saturated rings. The molecule has 0 radical (unpaired) electrons. The Kier molecular flexibility index (Phi) is 10.0. The van der Waals surface area contributed by atoms with Crippen LogP contribution in [0.25, 0.3) is 0 Å². The summed E-state index contributed by atoms with van der Waals surface area (Å²) in [5.41, 5.74) is 1.30. The van der Waals surface area contributed by atoms with E-state index < -0.39 is 34.3 Å². The predicted molar refractivity (Wildman–Crippen MR) is 159 cm³/mol. The SMILES string of the molecule is Cc1ccc(S(=O)(=O)N(CC(=O)N(Cc2ccc(Cl)cc2)[C@H](C)C(=O)NC2CCCCC2)c2ccccc2F)cc1. The Morgan fingerprint density at radius 2 is 1.61 bits per heavy atom. The van der Waals surface area contributed by atoms with Crippen LogP contribution < -0.4 is 9.62 Å². The van der Waals surface area contributed by atoms with Crippen molar-refractivity contribution in [2.75, 3.05) is 10.8 Å². The zero-order valence-corrected chi connectivity index (χ0v) is 24.8. The molecule has 1 atom stereocenters. The number of amides is 2. The highest BCUT2D eigenvalue weighted by atomic mass is 35.5. The normalized spacial score (nSPS) is 14.7. The summed E-state index contributed by atoms with van der Waals surface area (Å²) in [6.07, 6.45) is 4.94. The molecule has 1 saturated carbocycles. The van der Waals surface area contributed by atoms with Crippen LogP contribution in [0.1, 0.15) is 50.2 Å². The number of carbonyl (C=O) groups is 2. The van der Waals surface area contributed by atoms with Crippen LogP contribution in [0.5, 0.6) is 0 Å². The fourth-order valence-electron chi connectivity index (χ4n) is 4.94. The average molecular weight is 600 g/mol. The Bertz CT molecular complexity index is 1460. The Labute approximate surface area is 246 Å². The highest BCUT2D eigenvalue weighted by Crippen LogP contribution is 2.27. The van der Waals surface area contributed by atoms with Crippen LogP contribution >= 0.6 is 11.6 Å². The lowest BCUT2D eigenvalue weighted by atomic mass is 9.95. The van der Waals surface area contributed by atoms with Crippen molar-refractivity contribution >= 4 is 39.1 Å². The number of benzene rings is 3. The number of aryl methyl sites for hydroxylation is 1. The molecule has 0 aliphatic heterocycles. The van der Waals surface area contributed by atoms with Crippen LogP contribution in [-0.2, 0) is 26.2 Å². The Morgan fingerprint density at radius 1 is 0.976 bits per heavy atom. The summed E-state index contributed by atoms with van der Waals surface area (Å²) in [7, 11) is -4.34. The number of halogens is 2. The van der Waals surface area contributed by atoms with E-state index in [0.717, 1.165) is 48.0 Å². The summed E-state index contributed by atoms with van der Waals surface area (Å²) < 4.78 is 43.4. The van der Waals surface area contributed by atoms with Crippen molar-refractivity contribution in [3.63, 3.8) is 0 Å². The predicted octanol–water partition coefficient (Wildman–Crippen LogP) is 5.85. The third-order valence-corrected chi connectivity index (χ3v) is 9.42. The first-order chi connectivity index (χ1) is 19.6. The number of nitrogens with zero attached hydrogens (tertiary/aromatic N) is 2. The molecule has 0 aromatic heterocycles. The van der Waals surface area contributed by atoms with Gasteiger partial charge in [0.15, 0.2) is 0 Å². The molecular weight excluding hydrogens is 565 g/mol. The lowest BCUT2D eigenvalue weighted by molar-refractivity contribution is -0.139. The molecule has 3 aromatic carbocycles. The van der Waals surface area contributed by atoms with Gasteiger partial charge < -0.3 is 10.2 Å². The average Bonchev–Trinajstić information content (AvgIpc) is 2.96. The van der Waals surface area contributed by atoms with Crippen molar-refractivity contribution in [2.24, 2.45) is 0 Å². The van der Waals surface area contributed by atoms with E-state index in [2.05, 4.69) is 5.32 Å². The second kappa shape index (κ2) is 13.5. The van der Waals surface area contributed by atoms with E-state index in [1.165, 1.54) is 35.2 Å². The summed E-state index contributed by atoms with van der Waals surface area (Å²) in [4.78, 5) is 28.6. The van der Waals surface area contributed by atoms with E-state index in [4.69, 9.17) is 11.6 Å². The first-order valence-corrected chi connectivity index (χ1v) is 15.6. The molecule has 0 spiro atoms. The molecule has 7 nitrogen and oxygen atoms in total. The first kappa shape index (κ1) is 30.5. The summed E-state index contributed by atoms with van der Waals surface area (Å²) in [6, 6.07) is 17.5. The van der Waals surface area contributed by atoms with Gasteiger partial charge in [0.25, 0.3) is 10.0 Å². The maximum atomic E-state index is 15.0. The minimum absolute atomic E-state index is 0.0306. The topological polar surface area (TPSA) is 86.8 Å². The van der Waals surface area contributed by atoms with Gasteiger partial charge in [-0.1, -0.05) is 72.8 Å². The molecule has 0 unspecified atom stereocenters. The number of hydrogen-bond donors (Lipinski definition) is 1. The van der Waals surface area contributed by atoms with Crippen molar-refractivity contribution in [3.05, 3.63) is 94.8 Å². The zero-order chi connectivity index (χ0) is 29.6. The van der Waals surface area contributed by atoms with Gasteiger partial charge >= 0.3 is 0 Å². The number of rotatable bonds is 10. The van der Waals surface area contributed by atoms with Gasteiger partial charge in [-0.2, -0.15) is 0 Å². The first-order valence-electron chi connectivity index (χ1n) is 13.7. The molecule has 0 bridgehead atoms. The number of anilines is 1. The van der Waals surface area contributed by atoms with Crippen LogP contribution in [0.3, 0.4) is 0 Å². The van der Waals surface area contributed by atoms with Gasteiger partial charge in [-0.15, -0.1) is 0 Å². The van der Waals surface area contributed by atoms with Gasteiger partial charge in [0, 0.05) is 17.6 Å². The van der Waals surface area contributed by atoms with E-state index >= 15 is 4.39 Å². The summed E-state index contributed by atoms with van der Waals surface area (Å²) in [5.74, 6) is -1.76. The fraction of sp³-hybridized carbons (Fsp3) is 0.355. The third kappa shape index (κ3) is 7.65. The highest BCUT2D eigenvalue weighted by molar-refractivity contribution is 7.92. The summed E-state index contributed by atoms with van der Waals surface area (Å²) >= 11 is 6.05. The number of carbonyl (C=O) groups excluding carboxylic acids is 2. The Balaban J connectivity index is 1.68. The number of hydrogen-bond acceptors (Lipinski definition) is 4. The van der Waals surface area contributed by atoms with E-state index in [1.54, 1.807) is 43.3 Å². The van der Waals surface area contributed by atoms with Crippen molar-refractivity contribution < 1.29 is 22.4 Å². The minimum Gasteiger partial charge on any atom is -0.352 e. The molecule has 1 N–H and O–H groups in total. The number of para-hydroxylation sites is 1. The zero-order valence-electron chi connectivity index (χ0n) is 23.2. The van der Waals surface area contributed by atoms with Gasteiger partial charge in [0.05, 0.1) is 10.6 Å². The third-order valence-electron chi connectivity index (χ3n) is 7.39. The lowest BCUT2D eigenvalue weighted by Gasteiger charge is -2.33. The molecule has 1 aliphatic carbocycles. The maximum Gasteiger partial charge on any atom is 0.264 e. The molecular formula is C31H35ClFN3O4S. The quantitative estimate of drug-likeness (QED) is 0.317. The molecule has 0 heterocycles. The molecule has 4 rings (SSSR count). The standard InChI is InChI=1S/C31H35ClFN3O4S/c1-22-12-18-27(19-13-22)41(39,40)36(29-11-7-6-10-28(29)33)21-30(37)35(20-24-14-16-25(32)17-15-24)23(2)31(38)34-26-8-4-3-5-9-26/h6-7,10-19,23,26H,3-5,8-9,20-21H2,1-2H3,(H,34,38)/t23-/m1/s1.